The van der Waals surface area contributed by atoms with E-state index in [4.69, 9.17) is 9.47 Å². The minimum Gasteiger partial charge on any atom is -0.489 e. The third-order valence-corrected chi connectivity index (χ3v) is 7.53. The zero-order chi connectivity index (χ0) is 25.2. The highest BCUT2D eigenvalue weighted by molar-refractivity contribution is 5.91. The maximum absolute atomic E-state index is 12.5. The molecule has 1 aliphatic heterocycles. The number of benzene rings is 4. The molecule has 0 bridgehead atoms. The number of hydrogen-bond donors (Lipinski definition) is 1. The Hall–Kier alpha value is -3.63. The highest BCUT2D eigenvalue weighted by Gasteiger charge is 2.30. The molecule has 1 heterocycles. The van der Waals surface area contributed by atoms with Crippen molar-refractivity contribution in [1.82, 2.24) is 5.32 Å². The topological polar surface area (TPSA) is 47.6 Å². The minimum absolute atomic E-state index is 0.00510. The summed E-state index contributed by atoms with van der Waals surface area (Å²) in [5.74, 6) is 0.758. The van der Waals surface area contributed by atoms with E-state index in [1.165, 1.54) is 23.4 Å². The second kappa shape index (κ2) is 10.2. The lowest BCUT2D eigenvalue weighted by molar-refractivity contribution is 0.0599. The highest BCUT2D eigenvalue weighted by Crippen LogP contribution is 2.41. The van der Waals surface area contributed by atoms with Gasteiger partial charge < -0.3 is 14.8 Å². The molecule has 0 saturated heterocycles. The van der Waals surface area contributed by atoms with E-state index in [1.54, 1.807) is 0 Å². The van der Waals surface area contributed by atoms with Gasteiger partial charge in [0, 0.05) is 24.1 Å². The first-order chi connectivity index (χ1) is 17.5. The normalized spacial score (nSPS) is 17.8. The van der Waals surface area contributed by atoms with E-state index in [0.29, 0.717) is 5.56 Å². The van der Waals surface area contributed by atoms with Crippen LogP contribution in [0.1, 0.15) is 63.5 Å². The fraction of sp³-hybridized carbons (Fsp3) is 0.281. The second-order valence-electron chi connectivity index (χ2n) is 9.77. The SMILES string of the molecule is COC(=O)c1cc([C@@H]2C[C@H](CN[C@H](C)c3cccc4ccccc34)Oc3ccccc32)cc(C)c1C. The summed E-state index contributed by atoms with van der Waals surface area (Å²) in [7, 11) is 1.44. The Balaban J connectivity index is 1.41. The Morgan fingerprint density at radius 1 is 1.03 bits per heavy atom. The molecule has 0 amide bonds. The predicted octanol–water partition coefficient (Wildman–Crippen LogP) is 6.88. The molecule has 1 N–H and O–H groups in total. The van der Waals surface area contributed by atoms with Crippen molar-refractivity contribution in [3.05, 3.63) is 112 Å². The van der Waals surface area contributed by atoms with Gasteiger partial charge in [0.1, 0.15) is 11.9 Å². The van der Waals surface area contributed by atoms with Crippen molar-refractivity contribution in [3.63, 3.8) is 0 Å². The molecule has 0 saturated carbocycles. The molecule has 4 nitrogen and oxygen atoms in total. The van der Waals surface area contributed by atoms with Crippen LogP contribution in [0.25, 0.3) is 10.8 Å². The third kappa shape index (κ3) is 4.61. The Bertz CT molecular complexity index is 1400. The van der Waals surface area contributed by atoms with Crippen LogP contribution in [0.2, 0.25) is 0 Å². The number of fused-ring (bicyclic) bond motifs is 2. The molecular formula is C32H33NO3. The molecule has 4 aromatic carbocycles. The van der Waals surface area contributed by atoms with Gasteiger partial charge in [-0.1, -0.05) is 66.7 Å². The number of methoxy groups -OCH3 is 1. The Morgan fingerprint density at radius 3 is 2.61 bits per heavy atom. The van der Waals surface area contributed by atoms with Gasteiger partial charge in [-0.05, 0) is 72.4 Å². The minimum atomic E-state index is -0.292. The number of aryl methyl sites for hydroxylation is 1. The van der Waals surface area contributed by atoms with E-state index >= 15 is 0 Å². The summed E-state index contributed by atoms with van der Waals surface area (Å²) in [6.07, 6.45) is 0.834. The lowest BCUT2D eigenvalue weighted by Crippen LogP contribution is -2.37. The Kier molecular flexibility index (Phi) is 6.80. The summed E-state index contributed by atoms with van der Waals surface area (Å²) in [6.45, 7) is 6.97. The van der Waals surface area contributed by atoms with E-state index in [-0.39, 0.29) is 24.0 Å². The molecule has 0 fully saturated rings. The van der Waals surface area contributed by atoms with Crippen LogP contribution in [0.4, 0.5) is 0 Å². The molecule has 3 atom stereocenters. The summed E-state index contributed by atoms with van der Waals surface area (Å²) in [4.78, 5) is 12.5. The summed E-state index contributed by atoms with van der Waals surface area (Å²) in [6, 6.07) is 27.6. The van der Waals surface area contributed by atoms with Gasteiger partial charge >= 0.3 is 5.97 Å². The van der Waals surface area contributed by atoms with Gasteiger partial charge in [0.05, 0.1) is 12.7 Å². The zero-order valence-corrected chi connectivity index (χ0v) is 21.4. The molecule has 0 spiro atoms. The molecule has 0 aromatic heterocycles. The average Bonchev–Trinajstić information content (AvgIpc) is 2.91. The second-order valence-corrected chi connectivity index (χ2v) is 9.77. The standard InChI is InChI=1S/C32H33NO3/c1-20-16-24(17-29(21(20)2)32(34)35-4)30-18-25(36-31-15-8-7-13-28(30)31)19-33-22(3)26-14-9-11-23-10-5-6-12-27(23)26/h5-17,22,25,30,33H,18-19H2,1-4H3/t22-,25-,30+/m1/s1. The summed E-state index contributed by atoms with van der Waals surface area (Å²) in [5.41, 5.74) is 6.27. The van der Waals surface area contributed by atoms with E-state index < -0.39 is 0 Å². The summed E-state index contributed by atoms with van der Waals surface area (Å²) in [5, 5.41) is 6.25. The summed E-state index contributed by atoms with van der Waals surface area (Å²) < 4.78 is 11.5. The van der Waals surface area contributed by atoms with E-state index in [2.05, 4.69) is 79.8 Å². The molecule has 4 aromatic rings. The quantitative estimate of drug-likeness (QED) is 0.306. The highest BCUT2D eigenvalue weighted by atomic mass is 16.5. The number of esters is 1. The fourth-order valence-electron chi connectivity index (χ4n) is 5.39. The number of para-hydroxylation sites is 1. The van der Waals surface area contributed by atoms with E-state index in [0.717, 1.165) is 41.0 Å². The van der Waals surface area contributed by atoms with Crippen molar-refractivity contribution in [2.75, 3.05) is 13.7 Å². The lowest BCUT2D eigenvalue weighted by atomic mass is 9.82. The van der Waals surface area contributed by atoms with Gasteiger partial charge in [0.2, 0.25) is 0 Å². The van der Waals surface area contributed by atoms with Gasteiger partial charge in [-0.25, -0.2) is 4.79 Å². The predicted molar refractivity (Wildman–Crippen MR) is 145 cm³/mol. The number of ether oxygens (including phenoxy) is 2. The van der Waals surface area contributed by atoms with E-state index in [1.807, 2.05) is 25.1 Å². The van der Waals surface area contributed by atoms with Crippen molar-refractivity contribution in [2.24, 2.45) is 0 Å². The number of nitrogens with one attached hydrogen (secondary N) is 1. The van der Waals surface area contributed by atoms with Crippen LogP contribution in [-0.4, -0.2) is 25.7 Å². The van der Waals surface area contributed by atoms with Gasteiger partial charge in [-0.3, -0.25) is 0 Å². The Morgan fingerprint density at radius 2 is 1.78 bits per heavy atom. The van der Waals surface area contributed by atoms with Crippen LogP contribution in [0.5, 0.6) is 5.75 Å². The van der Waals surface area contributed by atoms with Crippen molar-refractivity contribution in [3.8, 4) is 5.75 Å². The molecular weight excluding hydrogens is 446 g/mol. The van der Waals surface area contributed by atoms with Crippen molar-refractivity contribution in [1.29, 1.82) is 0 Å². The van der Waals surface area contributed by atoms with Gasteiger partial charge in [-0.15, -0.1) is 0 Å². The monoisotopic (exact) mass is 479 g/mol. The smallest absolute Gasteiger partial charge is 0.338 e. The molecule has 0 radical (unpaired) electrons. The number of rotatable bonds is 6. The van der Waals surface area contributed by atoms with Crippen LogP contribution in [0.3, 0.4) is 0 Å². The van der Waals surface area contributed by atoms with Gasteiger partial charge in [0.15, 0.2) is 0 Å². The van der Waals surface area contributed by atoms with Crippen molar-refractivity contribution < 1.29 is 14.3 Å². The molecule has 0 unspecified atom stereocenters. The van der Waals surface area contributed by atoms with Crippen LogP contribution >= 0.6 is 0 Å². The van der Waals surface area contributed by atoms with Crippen LogP contribution < -0.4 is 10.1 Å². The largest absolute Gasteiger partial charge is 0.489 e. The fourth-order valence-corrected chi connectivity index (χ4v) is 5.39. The number of carbonyl (C=O) groups is 1. The van der Waals surface area contributed by atoms with Crippen LogP contribution in [-0.2, 0) is 4.74 Å². The summed E-state index contributed by atoms with van der Waals surface area (Å²) >= 11 is 0. The first-order valence-corrected chi connectivity index (χ1v) is 12.6. The third-order valence-electron chi connectivity index (χ3n) is 7.53. The van der Waals surface area contributed by atoms with Crippen molar-refractivity contribution >= 4 is 16.7 Å². The zero-order valence-electron chi connectivity index (χ0n) is 21.4. The molecule has 36 heavy (non-hydrogen) atoms. The number of carbonyl (C=O) groups excluding carboxylic acids is 1. The average molecular weight is 480 g/mol. The molecule has 1 aliphatic rings. The maximum Gasteiger partial charge on any atom is 0.338 e. The molecule has 4 heteroatoms. The first-order valence-electron chi connectivity index (χ1n) is 12.6. The number of hydrogen-bond acceptors (Lipinski definition) is 4. The van der Waals surface area contributed by atoms with Crippen LogP contribution in [0.15, 0.2) is 78.9 Å². The lowest BCUT2D eigenvalue weighted by Gasteiger charge is -2.34. The van der Waals surface area contributed by atoms with E-state index in [9.17, 15) is 4.79 Å². The molecule has 5 rings (SSSR count). The first kappa shape index (κ1) is 24.1. The van der Waals surface area contributed by atoms with Crippen LogP contribution in [0, 0.1) is 13.8 Å². The van der Waals surface area contributed by atoms with Gasteiger partial charge in [0.25, 0.3) is 0 Å². The van der Waals surface area contributed by atoms with Gasteiger partial charge in [-0.2, -0.15) is 0 Å². The molecule has 0 aliphatic carbocycles. The molecule has 184 valence electrons. The maximum atomic E-state index is 12.5. The van der Waals surface area contributed by atoms with Crippen molar-refractivity contribution in [2.45, 2.75) is 45.3 Å². The Labute approximate surface area is 213 Å².